The summed E-state index contributed by atoms with van der Waals surface area (Å²) in [6.45, 7) is 2.99. The molecule has 0 radical (unpaired) electrons. The Labute approximate surface area is 157 Å². The molecule has 0 aromatic heterocycles. The molecule has 3 amide bonds. The van der Waals surface area contributed by atoms with Crippen LogP contribution in [0.1, 0.15) is 15.9 Å². The van der Waals surface area contributed by atoms with Crippen LogP contribution >= 0.6 is 0 Å². The fourth-order valence-electron chi connectivity index (χ4n) is 2.88. The number of benzene rings is 2. The Morgan fingerprint density at radius 1 is 1.04 bits per heavy atom. The molecule has 0 bridgehead atoms. The molecule has 0 aliphatic carbocycles. The van der Waals surface area contributed by atoms with Crippen molar-refractivity contribution in [3.63, 3.8) is 0 Å². The van der Waals surface area contributed by atoms with Crippen LogP contribution in [0.4, 0.5) is 16.2 Å². The maximum Gasteiger partial charge on any atom is 0.337 e. The number of hydrogen-bond donors (Lipinski definition) is 1. The number of carbonyl (C=O) groups is 3. The van der Waals surface area contributed by atoms with E-state index in [0.29, 0.717) is 24.3 Å². The summed E-state index contributed by atoms with van der Waals surface area (Å²) in [5.74, 6) is -0.730. The van der Waals surface area contributed by atoms with Gasteiger partial charge in [-0.2, -0.15) is 0 Å². The number of urea groups is 1. The van der Waals surface area contributed by atoms with E-state index in [0.717, 1.165) is 11.3 Å². The number of nitrogens with one attached hydrogen (secondary N) is 1. The molecule has 7 heteroatoms. The van der Waals surface area contributed by atoms with Crippen LogP contribution < -0.4 is 10.2 Å². The Hall–Kier alpha value is -3.35. The van der Waals surface area contributed by atoms with Crippen molar-refractivity contribution in [2.45, 2.75) is 6.92 Å². The Morgan fingerprint density at radius 2 is 1.70 bits per heavy atom. The minimum Gasteiger partial charge on any atom is -0.465 e. The maximum absolute atomic E-state index is 12.6. The first-order chi connectivity index (χ1) is 13.0. The van der Waals surface area contributed by atoms with Crippen molar-refractivity contribution in [3.05, 3.63) is 59.7 Å². The molecule has 1 aliphatic heterocycles. The summed E-state index contributed by atoms with van der Waals surface area (Å²) < 4.78 is 4.64. The molecule has 1 fully saturated rings. The molecule has 3 rings (SSSR count). The molecule has 0 spiro atoms. The van der Waals surface area contributed by atoms with Gasteiger partial charge in [-0.1, -0.05) is 17.7 Å². The molecule has 0 saturated carbocycles. The number of amides is 3. The third kappa shape index (κ3) is 4.25. The van der Waals surface area contributed by atoms with Crippen molar-refractivity contribution in [3.8, 4) is 0 Å². The molecule has 1 N–H and O–H groups in total. The van der Waals surface area contributed by atoms with Gasteiger partial charge in [-0.25, -0.2) is 9.59 Å². The van der Waals surface area contributed by atoms with Crippen molar-refractivity contribution in [1.82, 2.24) is 4.90 Å². The first-order valence-corrected chi connectivity index (χ1v) is 8.59. The summed E-state index contributed by atoms with van der Waals surface area (Å²) in [7, 11) is 1.31. The number of ether oxygens (including phenoxy) is 1. The molecule has 140 valence electrons. The summed E-state index contributed by atoms with van der Waals surface area (Å²) in [5.41, 5.74) is 2.90. The average Bonchev–Trinajstić information content (AvgIpc) is 3.02. The summed E-state index contributed by atoms with van der Waals surface area (Å²) in [5, 5.41) is 2.73. The zero-order valence-electron chi connectivity index (χ0n) is 15.3. The van der Waals surface area contributed by atoms with E-state index in [9.17, 15) is 14.4 Å². The monoisotopic (exact) mass is 367 g/mol. The molecule has 2 aromatic rings. The van der Waals surface area contributed by atoms with Crippen molar-refractivity contribution < 1.29 is 19.1 Å². The van der Waals surface area contributed by atoms with E-state index >= 15 is 0 Å². The van der Waals surface area contributed by atoms with Crippen LogP contribution in [-0.2, 0) is 9.53 Å². The van der Waals surface area contributed by atoms with Crippen LogP contribution in [0.5, 0.6) is 0 Å². The van der Waals surface area contributed by atoms with Crippen LogP contribution in [0.15, 0.2) is 48.5 Å². The highest BCUT2D eigenvalue weighted by atomic mass is 16.5. The zero-order valence-corrected chi connectivity index (χ0v) is 15.3. The Morgan fingerprint density at radius 3 is 2.33 bits per heavy atom. The van der Waals surface area contributed by atoms with Crippen molar-refractivity contribution in [2.75, 3.05) is 37.0 Å². The highest BCUT2D eigenvalue weighted by Crippen LogP contribution is 2.20. The lowest BCUT2D eigenvalue weighted by molar-refractivity contribution is -0.116. The predicted molar refractivity (Wildman–Crippen MR) is 102 cm³/mol. The minimum absolute atomic E-state index is 0.0278. The number of aryl methyl sites for hydroxylation is 1. The molecule has 2 aromatic carbocycles. The summed E-state index contributed by atoms with van der Waals surface area (Å²) in [6.07, 6.45) is 0. The molecule has 1 heterocycles. The predicted octanol–water partition coefficient (Wildman–Crippen LogP) is 2.66. The molecule has 0 unspecified atom stereocenters. The molecule has 1 aliphatic rings. The Kier molecular flexibility index (Phi) is 5.40. The van der Waals surface area contributed by atoms with E-state index in [1.54, 1.807) is 29.2 Å². The standard InChI is InChI=1S/C20H21N3O4/c1-14-3-9-17(10-4-14)23-12-11-22(20(23)26)13-18(24)21-16-7-5-15(6-8-16)19(25)27-2/h3-10H,11-13H2,1-2H3,(H,21,24). The summed E-state index contributed by atoms with van der Waals surface area (Å²) in [6, 6.07) is 13.9. The summed E-state index contributed by atoms with van der Waals surface area (Å²) >= 11 is 0. The van der Waals surface area contributed by atoms with Gasteiger partial charge in [0.05, 0.1) is 12.7 Å². The Balaban J connectivity index is 1.57. The van der Waals surface area contributed by atoms with Gasteiger partial charge in [0.15, 0.2) is 0 Å². The number of nitrogens with zero attached hydrogens (tertiary/aromatic N) is 2. The third-order valence-corrected chi connectivity index (χ3v) is 4.36. The average molecular weight is 367 g/mol. The second kappa shape index (κ2) is 7.90. The van der Waals surface area contributed by atoms with Gasteiger partial charge in [-0.3, -0.25) is 9.69 Å². The SMILES string of the molecule is COC(=O)c1ccc(NC(=O)CN2CCN(c3ccc(C)cc3)C2=O)cc1. The van der Waals surface area contributed by atoms with Gasteiger partial charge < -0.3 is 15.0 Å². The number of carbonyl (C=O) groups excluding carboxylic acids is 3. The zero-order chi connectivity index (χ0) is 19.4. The quantitative estimate of drug-likeness (QED) is 0.824. The normalized spacial score (nSPS) is 13.6. The van der Waals surface area contributed by atoms with Gasteiger partial charge in [-0.05, 0) is 43.3 Å². The van der Waals surface area contributed by atoms with E-state index in [2.05, 4.69) is 10.1 Å². The van der Waals surface area contributed by atoms with Crippen LogP contribution in [-0.4, -0.2) is 49.6 Å². The van der Waals surface area contributed by atoms with Gasteiger partial charge in [0.25, 0.3) is 0 Å². The van der Waals surface area contributed by atoms with Crippen LogP contribution in [0.2, 0.25) is 0 Å². The molecule has 27 heavy (non-hydrogen) atoms. The minimum atomic E-state index is -0.438. The largest absolute Gasteiger partial charge is 0.465 e. The first kappa shape index (κ1) is 18.4. The molecular formula is C20H21N3O4. The molecule has 0 atom stereocenters. The molecular weight excluding hydrogens is 346 g/mol. The van der Waals surface area contributed by atoms with Crippen LogP contribution in [0.25, 0.3) is 0 Å². The van der Waals surface area contributed by atoms with E-state index < -0.39 is 5.97 Å². The highest BCUT2D eigenvalue weighted by molar-refractivity contribution is 5.99. The highest BCUT2D eigenvalue weighted by Gasteiger charge is 2.30. The fourth-order valence-corrected chi connectivity index (χ4v) is 2.88. The van der Waals surface area contributed by atoms with Crippen LogP contribution in [0.3, 0.4) is 0 Å². The van der Waals surface area contributed by atoms with Gasteiger partial charge >= 0.3 is 12.0 Å². The molecule has 7 nitrogen and oxygen atoms in total. The number of rotatable bonds is 5. The van der Waals surface area contributed by atoms with Gasteiger partial charge in [0.1, 0.15) is 6.54 Å². The number of methoxy groups -OCH3 is 1. The fraction of sp³-hybridized carbons (Fsp3) is 0.250. The topological polar surface area (TPSA) is 79.0 Å². The Bertz CT molecular complexity index is 847. The lowest BCUT2D eigenvalue weighted by Crippen LogP contribution is -2.37. The number of esters is 1. The van der Waals surface area contributed by atoms with Crippen molar-refractivity contribution in [2.24, 2.45) is 0 Å². The van der Waals surface area contributed by atoms with Gasteiger partial charge in [0, 0.05) is 24.5 Å². The van der Waals surface area contributed by atoms with Crippen molar-refractivity contribution >= 4 is 29.3 Å². The van der Waals surface area contributed by atoms with E-state index in [4.69, 9.17) is 0 Å². The van der Waals surface area contributed by atoms with Crippen molar-refractivity contribution in [1.29, 1.82) is 0 Å². The second-order valence-corrected chi connectivity index (χ2v) is 6.31. The second-order valence-electron chi connectivity index (χ2n) is 6.31. The number of anilines is 2. The van der Waals surface area contributed by atoms with Gasteiger partial charge in [-0.15, -0.1) is 0 Å². The van der Waals surface area contributed by atoms with E-state index in [1.165, 1.54) is 12.0 Å². The van der Waals surface area contributed by atoms with E-state index in [1.807, 2.05) is 31.2 Å². The first-order valence-electron chi connectivity index (χ1n) is 8.59. The lowest BCUT2D eigenvalue weighted by atomic mass is 10.2. The maximum atomic E-state index is 12.6. The summed E-state index contributed by atoms with van der Waals surface area (Å²) in [4.78, 5) is 39.4. The lowest BCUT2D eigenvalue weighted by Gasteiger charge is -2.18. The number of hydrogen-bond acceptors (Lipinski definition) is 4. The smallest absolute Gasteiger partial charge is 0.337 e. The van der Waals surface area contributed by atoms with E-state index in [-0.39, 0.29) is 18.5 Å². The van der Waals surface area contributed by atoms with Crippen LogP contribution in [0, 0.1) is 6.92 Å². The molecule has 1 saturated heterocycles. The van der Waals surface area contributed by atoms with Gasteiger partial charge in [0.2, 0.25) is 5.91 Å². The third-order valence-electron chi connectivity index (χ3n) is 4.36.